The van der Waals surface area contributed by atoms with Crippen LogP contribution in [0.25, 0.3) is 16.9 Å². The number of fused-ring (bicyclic) bond motifs is 2. The van der Waals surface area contributed by atoms with Crippen LogP contribution in [0.1, 0.15) is 17.5 Å². The molecule has 0 amide bonds. The highest BCUT2D eigenvalue weighted by Gasteiger charge is 2.15. The van der Waals surface area contributed by atoms with E-state index in [0.29, 0.717) is 11.5 Å². The van der Waals surface area contributed by atoms with Gasteiger partial charge in [0.15, 0.2) is 0 Å². The molecule has 3 nitrogen and oxygen atoms in total. The van der Waals surface area contributed by atoms with Crippen molar-refractivity contribution in [3.63, 3.8) is 0 Å². The Balaban J connectivity index is 1.92. The van der Waals surface area contributed by atoms with E-state index >= 15 is 0 Å². The molecular formula is C16H14FN3. The summed E-state index contributed by atoms with van der Waals surface area (Å²) in [6.45, 7) is 0. The Morgan fingerprint density at radius 2 is 1.95 bits per heavy atom. The summed E-state index contributed by atoms with van der Waals surface area (Å²) < 4.78 is 14.9. The fourth-order valence-corrected chi connectivity index (χ4v) is 2.97. The first-order valence-corrected chi connectivity index (χ1v) is 6.77. The first-order chi connectivity index (χ1) is 9.72. The molecule has 20 heavy (non-hydrogen) atoms. The van der Waals surface area contributed by atoms with Crippen LogP contribution >= 0.6 is 0 Å². The highest BCUT2D eigenvalue weighted by atomic mass is 19.1. The number of aryl methyl sites for hydroxylation is 2. The van der Waals surface area contributed by atoms with Crippen molar-refractivity contribution in [3.05, 3.63) is 53.5 Å². The second kappa shape index (κ2) is 4.07. The van der Waals surface area contributed by atoms with Crippen molar-refractivity contribution >= 4 is 11.5 Å². The summed E-state index contributed by atoms with van der Waals surface area (Å²) in [5.74, 6) is 0.166. The second-order valence-electron chi connectivity index (χ2n) is 5.26. The minimum absolute atomic E-state index is 0.317. The van der Waals surface area contributed by atoms with Gasteiger partial charge in [-0.25, -0.2) is 9.37 Å². The smallest absolute Gasteiger partial charge is 0.140 e. The Morgan fingerprint density at radius 3 is 2.85 bits per heavy atom. The van der Waals surface area contributed by atoms with E-state index in [1.54, 1.807) is 10.5 Å². The first-order valence-electron chi connectivity index (χ1n) is 6.77. The summed E-state index contributed by atoms with van der Waals surface area (Å²) in [7, 11) is 0. The molecule has 0 bridgehead atoms. The highest BCUT2D eigenvalue weighted by molar-refractivity contribution is 5.75. The lowest BCUT2D eigenvalue weighted by Gasteiger charge is -2.03. The summed E-state index contributed by atoms with van der Waals surface area (Å²) >= 11 is 0. The Kier molecular flexibility index (Phi) is 2.33. The Hall–Kier alpha value is -2.36. The van der Waals surface area contributed by atoms with E-state index in [2.05, 4.69) is 23.2 Å². The zero-order valence-electron chi connectivity index (χ0n) is 10.9. The van der Waals surface area contributed by atoms with E-state index in [1.807, 2.05) is 0 Å². The lowest BCUT2D eigenvalue weighted by atomic mass is 10.0. The molecule has 0 fully saturated rings. The number of nitrogens with zero attached hydrogens (tertiary/aromatic N) is 2. The topological polar surface area (TPSA) is 43.3 Å². The molecule has 0 unspecified atom stereocenters. The van der Waals surface area contributed by atoms with E-state index in [1.165, 1.54) is 29.8 Å². The molecule has 0 radical (unpaired) electrons. The standard InChI is InChI=1S/C16H14FN3/c17-13-6-7-14-19-15(16(18)20(14)9-13)12-5-4-10-2-1-3-11(10)8-12/h4-9H,1-3,18H2. The van der Waals surface area contributed by atoms with Gasteiger partial charge in [0.05, 0.1) is 0 Å². The van der Waals surface area contributed by atoms with Crippen molar-refractivity contribution in [2.45, 2.75) is 19.3 Å². The molecule has 0 atom stereocenters. The Bertz CT molecular complexity index is 820. The quantitative estimate of drug-likeness (QED) is 0.735. The molecule has 3 aromatic rings. The predicted molar refractivity (Wildman–Crippen MR) is 77.0 cm³/mol. The molecule has 4 rings (SSSR count). The van der Waals surface area contributed by atoms with E-state index < -0.39 is 0 Å². The number of imidazole rings is 1. The number of anilines is 1. The number of pyridine rings is 1. The SMILES string of the molecule is Nc1c(-c2ccc3c(c2)CCC3)nc2ccc(F)cn12. The van der Waals surface area contributed by atoms with Crippen LogP contribution in [0.15, 0.2) is 36.5 Å². The molecule has 2 aromatic heterocycles. The minimum atomic E-state index is -0.317. The number of aromatic nitrogens is 2. The number of nitrogen functional groups attached to an aromatic ring is 1. The first kappa shape index (κ1) is 11.5. The molecular weight excluding hydrogens is 253 g/mol. The molecule has 0 spiro atoms. The van der Waals surface area contributed by atoms with E-state index in [4.69, 9.17) is 5.73 Å². The normalized spacial score (nSPS) is 13.8. The van der Waals surface area contributed by atoms with Crippen molar-refractivity contribution in [1.29, 1.82) is 0 Å². The number of hydrogen-bond acceptors (Lipinski definition) is 2. The maximum absolute atomic E-state index is 13.3. The fraction of sp³-hybridized carbons (Fsp3) is 0.188. The molecule has 4 heteroatoms. The van der Waals surface area contributed by atoms with Crippen LogP contribution in [-0.2, 0) is 12.8 Å². The van der Waals surface area contributed by atoms with E-state index in [0.717, 1.165) is 24.1 Å². The zero-order valence-corrected chi connectivity index (χ0v) is 10.9. The third-order valence-electron chi connectivity index (χ3n) is 3.99. The molecule has 1 aromatic carbocycles. The van der Waals surface area contributed by atoms with Crippen LogP contribution in [0.5, 0.6) is 0 Å². The number of hydrogen-bond donors (Lipinski definition) is 1. The number of benzene rings is 1. The average Bonchev–Trinajstić information content (AvgIpc) is 3.03. The predicted octanol–water partition coefficient (Wildman–Crippen LogP) is 3.21. The lowest BCUT2D eigenvalue weighted by molar-refractivity contribution is 0.619. The van der Waals surface area contributed by atoms with Gasteiger partial charge < -0.3 is 5.73 Å². The monoisotopic (exact) mass is 267 g/mol. The van der Waals surface area contributed by atoms with Crippen LogP contribution in [0.2, 0.25) is 0 Å². The maximum Gasteiger partial charge on any atom is 0.140 e. The van der Waals surface area contributed by atoms with Gasteiger partial charge in [-0.05, 0) is 48.6 Å². The van der Waals surface area contributed by atoms with Gasteiger partial charge in [-0.15, -0.1) is 0 Å². The van der Waals surface area contributed by atoms with Crippen LogP contribution < -0.4 is 5.73 Å². The van der Waals surface area contributed by atoms with E-state index in [9.17, 15) is 4.39 Å². The minimum Gasteiger partial charge on any atom is -0.383 e. The van der Waals surface area contributed by atoms with Crippen LogP contribution in [-0.4, -0.2) is 9.38 Å². The number of rotatable bonds is 1. The van der Waals surface area contributed by atoms with Gasteiger partial charge in [0, 0.05) is 11.8 Å². The fourth-order valence-electron chi connectivity index (χ4n) is 2.97. The van der Waals surface area contributed by atoms with Crippen LogP contribution in [0.3, 0.4) is 0 Å². The summed E-state index contributed by atoms with van der Waals surface area (Å²) in [5, 5.41) is 0. The van der Waals surface area contributed by atoms with Gasteiger partial charge in [-0.3, -0.25) is 4.40 Å². The third-order valence-corrected chi connectivity index (χ3v) is 3.99. The second-order valence-corrected chi connectivity index (χ2v) is 5.26. The summed E-state index contributed by atoms with van der Waals surface area (Å²) in [4.78, 5) is 4.52. The van der Waals surface area contributed by atoms with Crippen molar-refractivity contribution in [2.24, 2.45) is 0 Å². The van der Waals surface area contributed by atoms with Gasteiger partial charge >= 0.3 is 0 Å². The van der Waals surface area contributed by atoms with Gasteiger partial charge in [0.2, 0.25) is 0 Å². The molecule has 0 aliphatic heterocycles. The summed E-state index contributed by atoms with van der Waals surface area (Å²) in [6.07, 6.45) is 4.85. The highest BCUT2D eigenvalue weighted by Crippen LogP contribution is 2.31. The van der Waals surface area contributed by atoms with Crippen molar-refractivity contribution in [2.75, 3.05) is 5.73 Å². The largest absolute Gasteiger partial charge is 0.383 e. The number of nitrogens with two attached hydrogens (primary N) is 1. The van der Waals surface area contributed by atoms with Crippen LogP contribution in [0, 0.1) is 5.82 Å². The molecule has 0 saturated carbocycles. The summed E-state index contributed by atoms with van der Waals surface area (Å²) in [5.41, 5.74) is 11.3. The average molecular weight is 267 g/mol. The number of halogens is 1. The van der Waals surface area contributed by atoms with E-state index in [-0.39, 0.29) is 5.82 Å². The molecule has 2 heterocycles. The summed E-state index contributed by atoms with van der Waals surface area (Å²) in [6, 6.07) is 9.41. The third kappa shape index (κ3) is 1.61. The van der Waals surface area contributed by atoms with Crippen LogP contribution in [0.4, 0.5) is 10.2 Å². The zero-order chi connectivity index (χ0) is 13.7. The molecule has 0 saturated heterocycles. The Labute approximate surface area is 115 Å². The molecule has 1 aliphatic rings. The van der Waals surface area contributed by atoms with Gasteiger partial charge in [-0.2, -0.15) is 0 Å². The van der Waals surface area contributed by atoms with Gasteiger partial charge in [-0.1, -0.05) is 12.1 Å². The molecule has 1 aliphatic carbocycles. The molecule has 100 valence electrons. The van der Waals surface area contributed by atoms with Gasteiger partial charge in [0.1, 0.15) is 23.0 Å². The Morgan fingerprint density at radius 1 is 1.10 bits per heavy atom. The van der Waals surface area contributed by atoms with Crippen molar-refractivity contribution in [3.8, 4) is 11.3 Å². The maximum atomic E-state index is 13.3. The van der Waals surface area contributed by atoms with Crippen molar-refractivity contribution in [1.82, 2.24) is 9.38 Å². The lowest BCUT2D eigenvalue weighted by Crippen LogP contribution is -1.95. The van der Waals surface area contributed by atoms with Gasteiger partial charge in [0.25, 0.3) is 0 Å². The molecule has 2 N–H and O–H groups in total. The van der Waals surface area contributed by atoms with Crippen molar-refractivity contribution < 1.29 is 4.39 Å².